The summed E-state index contributed by atoms with van der Waals surface area (Å²) in [5.41, 5.74) is 1.76. The zero-order valence-electron chi connectivity index (χ0n) is 14.4. The third-order valence-electron chi connectivity index (χ3n) is 4.78. The Balaban J connectivity index is 2.13. The van der Waals surface area contributed by atoms with Crippen LogP contribution in [0, 0.1) is 0 Å². The molecule has 0 bridgehead atoms. The van der Waals surface area contributed by atoms with Crippen molar-refractivity contribution in [1.82, 2.24) is 9.40 Å². The van der Waals surface area contributed by atoms with Crippen LogP contribution in [-0.4, -0.2) is 19.2 Å². The second-order valence-electron chi connectivity index (χ2n) is 6.59. The van der Waals surface area contributed by atoms with Crippen LogP contribution < -0.4 is 9.40 Å². The van der Waals surface area contributed by atoms with Crippen LogP contribution in [-0.2, 0) is 29.7 Å². The van der Waals surface area contributed by atoms with E-state index in [0.717, 1.165) is 48.8 Å². The standard InChI is InChI=1S/C16H24N5O2S/c1-20-13-9-5-6-10-14(13)21(2)15(20)16(11-7-4-8-12-16)17-18-19-24(3,22)23/h5-6,9-10H,4,7-8,11-12H2,1-3H3,(H,17,19)/q+1. The van der Waals surface area contributed by atoms with Gasteiger partial charge in [0, 0.05) is 0 Å². The van der Waals surface area contributed by atoms with Crippen LogP contribution in [0.1, 0.15) is 37.9 Å². The molecule has 1 fully saturated rings. The van der Waals surface area contributed by atoms with Crippen molar-refractivity contribution in [1.29, 1.82) is 0 Å². The highest BCUT2D eigenvalue weighted by atomic mass is 32.2. The Bertz CT molecular complexity index is 840. The normalized spacial score (nSPS) is 18.3. The number of rotatable bonds is 4. The highest BCUT2D eigenvalue weighted by molar-refractivity contribution is 7.88. The molecule has 2 aromatic rings. The minimum atomic E-state index is -3.40. The van der Waals surface area contributed by atoms with Crippen molar-refractivity contribution in [3.63, 3.8) is 0 Å². The van der Waals surface area contributed by atoms with Gasteiger partial charge in [0.15, 0.2) is 16.6 Å². The topological polar surface area (TPSA) is 79.7 Å². The monoisotopic (exact) mass is 350 g/mol. The number of para-hydroxylation sites is 2. The Labute approximate surface area is 142 Å². The van der Waals surface area contributed by atoms with E-state index in [1.807, 2.05) is 26.2 Å². The van der Waals surface area contributed by atoms with Crippen molar-refractivity contribution < 1.29 is 13.0 Å². The molecule has 1 aliphatic rings. The molecule has 1 N–H and O–H groups in total. The van der Waals surface area contributed by atoms with Gasteiger partial charge in [-0.2, -0.15) is 9.95 Å². The quantitative estimate of drug-likeness (QED) is 0.520. The van der Waals surface area contributed by atoms with E-state index < -0.39 is 15.6 Å². The van der Waals surface area contributed by atoms with E-state index in [1.54, 1.807) is 0 Å². The minimum absolute atomic E-state index is 0.502. The van der Waals surface area contributed by atoms with E-state index >= 15 is 0 Å². The third-order valence-corrected chi connectivity index (χ3v) is 5.20. The first kappa shape index (κ1) is 16.9. The predicted molar refractivity (Wildman–Crippen MR) is 91.7 cm³/mol. The molecule has 1 aromatic carbocycles. The van der Waals surface area contributed by atoms with Gasteiger partial charge in [-0.15, -0.1) is 0 Å². The van der Waals surface area contributed by atoms with E-state index in [-0.39, 0.29) is 0 Å². The van der Waals surface area contributed by atoms with Gasteiger partial charge in [0.2, 0.25) is 10.0 Å². The summed E-state index contributed by atoms with van der Waals surface area (Å²) in [4.78, 5) is 2.15. The van der Waals surface area contributed by atoms with Crippen LogP contribution in [0.2, 0.25) is 0 Å². The number of nitrogens with one attached hydrogen (secondary N) is 1. The fourth-order valence-electron chi connectivity index (χ4n) is 3.80. The summed E-state index contributed by atoms with van der Waals surface area (Å²) in [7, 11) is 0.668. The molecule has 3 rings (SSSR count). The van der Waals surface area contributed by atoms with E-state index in [0.29, 0.717) is 0 Å². The van der Waals surface area contributed by atoms with Crippen LogP contribution in [0.5, 0.6) is 0 Å². The third kappa shape index (κ3) is 3.02. The first-order chi connectivity index (χ1) is 11.3. The molecule has 0 atom stereocenters. The minimum Gasteiger partial charge on any atom is -0.228 e. The summed E-state index contributed by atoms with van der Waals surface area (Å²) in [6.45, 7) is 0. The summed E-state index contributed by atoms with van der Waals surface area (Å²) in [5.74, 6) is 1.06. The molecular weight excluding hydrogens is 326 g/mol. The number of aromatic nitrogens is 2. The van der Waals surface area contributed by atoms with Crippen LogP contribution in [0.15, 0.2) is 34.6 Å². The zero-order valence-corrected chi connectivity index (χ0v) is 15.2. The van der Waals surface area contributed by atoms with Crippen LogP contribution in [0.3, 0.4) is 0 Å². The number of hydrogen-bond acceptors (Lipinski definition) is 4. The maximum absolute atomic E-state index is 11.3. The number of benzene rings is 1. The largest absolute Gasteiger partial charge is 0.287 e. The Morgan fingerprint density at radius 3 is 2.50 bits per heavy atom. The lowest BCUT2D eigenvalue weighted by atomic mass is 9.81. The lowest BCUT2D eigenvalue weighted by Gasteiger charge is -2.29. The second kappa shape index (κ2) is 6.16. The number of imidazole rings is 1. The molecule has 0 saturated heterocycles. The molecule has 130 valence electrons. The molecule has 8 heteroatoms. The molecule has 0 radical (unpaired) electrons. The Kier molecular flexibility index (Phi) is 4.33. The van der Waals surface area contributed by atoms with Gasteiger partial charge in [0.1, 0.15) is 0 Å². The Morgan fingerprint density at radius 1 is 1.21 bits per heavy atom. The van der Waals surface area contributed by atoms with Gasteiger partial charge in [-0.25, -0.2) is 17.6 Å². The average Bonchev–Trinajstić information content (AvgIpc) is 2.79. The summed E-state index contributed by atoms with van der Waals surface area (Å²) >= 11 is 0. The average molecular weight is 350 g/mol. The lowest BCUT2D eigenvalue weighted by Crippen LogP contribution is -2.44. The molecular formula is C16H24N5O2S+. The van der Waals surface area contributed by atoms with Gasteiger partial charge in [-0.1, -0.05) is 36.6 Å². The van der Waals surface area contributed by atoms with Crippen molar-refractivity contribution in [2.45, 2.75) is 37.6 Å². The van der Waals surface area contributed by atoms with Gasteiger partial charge in [0.05, 0.1) is 20.4 Å². The summed E-state index contributed by atoms with van der Waals surface area (Å²) in [5, 5.41) is 8.31. The SMILES string of the molecule is Cn1c(C2(N=NNS(C)(=O)=O)CCCCC2)[n+](C)c2ccccc21. The predicted octanol–water partition coefficient (Wildman–Crippen LogP) is 2.08. The van der Waals surface area contributed by atoms with Crippen LogP contribution in [0.25, 0.3) is 11.0 Å². The van der Waals surface area contributed by atoms with Crippen LogP contribution in [0.4, 0.5) is 0 Å². The molecule has 0 spiro atoms. The lowest BCUT2D eigenvalue weighted by molar-refractivity contribution is -0.658. The van der Waals surface area contributed by atoms with Crippen molar-refractivity contribution in [3.8, 4) is 0 Å². The number of aryl methyl sites for hydroxylation is 2. The molecule has 24 heavy (non-hydrogen) atoms. The molecule has 1 aliphatic carbocycles. The van der Waals surface area contributed by atoms with Gasteiger partial charge < -0.3 is 0 Å². The number of sulfonamides is 1. The molecule has 0 aliphatic heterocycles. The molecule has 7 nitrogen and oxygen atoms in total. The summed E-state index contributed by atoms with van der Waals surface area (Å²) in [6.07, 6.45) is 6.08. The van der Waals surface area contributed by atoms with Gasteiger partial charge in [-0.3, -0.25) is 0 Å². The summed E-state index contributed by atoms with van der Waals surface area (Å²) < 4.78 is 26.9. The van der Waals surface area contributed by atoms with E-state index in [2.05, 4.69) is 36.4 Å². The fourth-order valence-corrected chi connectivity index (χ4v) is 3.99. The second-order valence-corrected chi connectivity index (χ2v) is 8.31. The van der Waals surface area contributed by atoms with Crippen molar-refractivity contribution in [3.05, 3.63) is 30.1 Å². The smallest absolute Gasteiger partial charge is 0.228 e. The Hall–Kier alpha value is -1.96. The van der Waals surface area contributed by atoms with Crippen molar-refractivity contribution in [2.24, 2.45) is 24.4 Å². The van der Waals surface area contributed by atoms with Gasteiger partial charge in [-0.05, 0) is 25.0 Å². The molecule has 0 unspecified atom stereocenters. The number of nitrogens with zero attached hydrogens (tertiary/aromatic N) is 4. The first-order valence-electron chi connectivity index (χ1n) is 8.17. The van der Waals surface area contributed by atoms with Crippen molar-refractivity contribution >= 4 is 21.1 Å². The van der Waals surface area contributed by atoms with E-state index in [9.17, 15) is 8.42 Å². The number of hydrogen-bond donors (Lipinski definition) is 1. The van der Waals surface area contributed by atoms with Gasteiger partial charge in [0.25, 0.3) is 5.82 Å². The Morgan fingerprint density at radius 2 is 1.88 bits per heavy atom. The fraction of sp³-hybridized carbons (Fsp3) is 0.562. The summed E-state index contributed by atoms with van der Waals surface area (Å²) in [6, 6.07) is 8.21. The zero-order chi connectivity index (χ0) is 17.4. The van der Waals surface area contributed by atoms with E-state index in [1.165, 1.54) is 6.42 Å². The highest BCUT2D eigenvalue weighted by Gasteiger charge is 2.45. The van der Waals surface area contributed by atoms with E-state index in [4.69, 9.17) is 0 Å². The van der Waals surface area contributed by atoms with Crippen molar-refractivity contribution in [2.75, 3.05) is 6.26 Å². The first-order valence-corrected chi connectivity index (χ1v) is 10.1. The van der Waals surface area contributed by atoms with Gasteiger partial charge >= 0.3 is 0 Å². The highest BCUT2D eigenvalue weighted by Crippen LogP contribution is 2.40. The molecule has 1 aromatic heterocycles. The molecule has 1 heterocycles. The van der Waals surface area contributed by atoms with Crippen LogP contribution >= 0.6 is 0 Å². The maximum atomic E-state index is 11.3. The molecule has 1 saturated carbocycles. The maximum Gasteiger partial charge on any atom is 0.287 e. The molecule has 0 amide bonds. The number of fused-ring (bicyclic) bond motifs is 1.